The maximum Gasteiger partial charge on any atom is 0.305 e. The molecule has 1 N–H and O–H groups in total. The van der Waals surface area contributed by atoms with Crippen molar-refractivity contribution in [3.63, 3.8) is 0 Å². The molecular weight excluding hydrogens is 258 g/mol. The largest absolute Gasteiger partial charge is 0.481 e. The van der Waals surface area contributed by atoms with Crippen molar-refractivity contribution in [1.29, 1.82) is 0 Å². The topological polar surface area (TPSA) is 75.4 Å². The molecule has 6 nitrogen and oxygen atoms in total. The first-order chi connectivity index (χ1) is 9.66. The molecule has 0 saturated carbocycles. The van der Waals surface area contributed by atoms with Gasteiger partial charge >= 0.3 is 5.97 Å². The van der Waals surface area contributed by atoms with Gasteiger partial charge in [-0.25, -0.2) is 0 Å². The molecule has 1 aromatic carbocycles. The minimum absolute atomic E-state index is 0.0848. The second-order valence-corrected chi connectivity index (χ2v) is 4.23. The summed E-state index contributed by atoms with van der Waals surface area (Å²) in [7, 11) is 0. The van der Waals surface area contributed by atoms with Crippen LogP contribution in [0.15, 0.2) is 48.8 Å². The van der Waals surface area contributed by atoms with Crippen molar-refractivity contribution in [3.05, 3.63) is 48.8 Å². The van der Waals surface area contributed by atoms with Crippen LogP contribution >= 0.6 is 0 Å². The van der Waals surface area contributed by atoms with Crippen LogP contribution in [0.3, 0.4) is 0 Å². The number of benzene rings is 1. The van der Waals surface area contributed by atoms with Crippen LogP contribution in [0, 0.1) is 0 Å². The lowest BCUT2D eigenvalue weighted by molar-refractivity contribution is -0.136. The summed E-state index contributed by atoms with van der Waals surface area (Å²) in [5, 5.41) is 12.8. The van der Waals surface area contributed by atoms with Crippen molar-refractivity contribution in [1.82, 2.24) is 9.78 Å². The molecule has 0 atom stereocenters. The molecule has 0 fully saturated rings. The number of aliphatic carboxylic acids is 1. The highest BCUT2D eigenvalue weighted by atomic mass is 16.4. The average Bonchev–Trinajstić information content (AvgIpc) is 2.92. The summed E-state index contributed by atoms with van der Waals surface area (Å²) in [6, 6.07) is 10.8. The van der Waals surface area contributed by atoms with Gasteiger partial charge in [0.25, 0.3) is 0 Å². The molecule has 1 amide bonds. The monoisotopic (exact) mass is 273 g/mol. The van der Waals surface area contributed by atoms with Crippen LogP contribution in [0.25, 0.3) is 0 Å². The Kier molecular flexibility index (Phi) is 4.49. The van der Waals surface area contributed by atoms with E-state index in [4.69, 9.17) is 5.11 Å². The Hall–Kier alpha value is -2.63. The van der Waals surface area contributed by atoms with E-state index in [0.29, 0.717) is 5.69 Å². The summed E-state index contributed by atoms with van der Waals surface area (Å²) < 4.78 is 1.51. The van der Waals surface area contributed by atoms with E-state index < -0.39 is 5.97 Å². The molecule has 0 aliphatic carbocycles. The van der Waals surface area contributed by atoms with Gasteiger partial charge in [-0.05, 0) is 18.2 Å². The fraction of sp³-hybridized carbons (Fsp3) is 0.214. The quantitative estimate of drug-likeness (QED) is 0.863. The molecular formula is C14H15N3O3. The lowest BCUT2D eigenvalue weighted by Gasteiger charge is -2.22. The van der Waals surface area contributed by atoms with Gasteiger partial charge in [0.1, 0.15) is 6.54 Å². The van der Waals surface area contributed by atoms with Crippen molar-refractivity contribution in [3.8, 4) is 0 Å². The number of carboxylic acids is 1. The zero-order valence-electron chi connectivity index (χ0n) is 10.8. The van der Waals surface area contributed by atoms with E-state index in [1.807, 2.05) is 18.2 Å². The molecule has 6 heteroatoms. The Labute approximate surface area is 116 Å². The van der Waals surface area contributed by atoms with Gasteiger partial charge in [0, 0.05) is 24.6 Å². The van der Waals surface area contributed by atoms with Gasteiger partial charge in [0.2, 0.25) is 5.91 Å². The van der Waals surface area contributed by atoms with Gasteiger partial charge in [-0.2, -0.15) is 5.10 Å². The van der Waals surface area contributed by atoms with Gasteiger partial charge in [-0.15, -0.1) is 0 Å². The summed E-state index contributed by atoms with van der Waals surface area (Å²) in [6.45, 7) is 0.223. The number of nitrogens with zero attached hydrogens (tertiary/aromatic N) is 3. The van der Waals surface area contributed by atoms with Gasteiger partial charge in [0.05, 0.1) is 6.42 Å². The van der Waals surface area contributed by atoms with Gasteiger partial charge in [-0.3, -0.25) is 14.3 Å². The number of rotatable bonds is 6. The van der Waals surface area contributed by atoms with Crippen LogP contribution < -0.4 is 4.90 Å². The number of aromatic nitrogens is 2. The first-order valence-electron chi connectivity index (χ1n) is 6.21. The van der Waals surface area contributed by atoms with Gasteiger partial charge in [0.15, 0.2) is 0 Å². The highest BCUT2D eigenvalue weighted by molar-refractivity contribution is 5.93. The van der Waals surface area contributed by atoms with E-state index in [1.165, 1.54) is 9.58 Å². The average molecular weight is 273 g/mol. The summed E-state index contributed by atoms with van der Waals surface area (Å²) in [4.78, 5) is 24.5. The molecule has 0 bridgehead atoms. The Morgan fingerprint density at radius 1 is 1.20 bits per heavy atom. The fourth-order valence-electron chi connectivity index (χ4n) is 1.83. The summed E-state index contributed by atoms with van der Waals surface area (Å²) in [5.74, 6) is -1.13. The Balaban J connectivity index is 2.13. The molecule has 20 heavy (non-hydrogen) atoms. The lowest BCUT2D eigenvalue weighted by atomic mass is 10.2. The van der Waals surface area contributed by atoms with Crippen molar-refractivity contribution in [2.24, 2.45) is 0 Å². The SMILES string of the molecule is O=C(O)CCN(C(=O)Cn1cccn1)c1ccccc1. The minimum atomic E-state index is -0.933. The van der Waals surface area contributed by atoms with Crippen LogP contribution in [0.5, 0.6) is 0 Å². The first kappa shape index (κ1) is 13.8. The van der Waals surface area contributed by atoms with E-state index >= 15 is 0 Å². The third-order valence-electron chi connectivity index (χ3n) is 2.77. The predicted octanol–water partition coefficient (Wildman–Crippen LogP) is 1.39. The molecule has 0 spiro atoms. The summed E-state index contributed by atoms with van der Waals surface area (Å²) in [5.41, 5.74) is 0.686. The molecule has 0 radical (unpaired) electrons. The molecule has 0 unspecified atom stereocenters. The van der Waals surface area contributed by atoms with E-state index in [1.54, 1.807) is 30.6 Å². The molecule has 104 valence electrons. The van der Waals surface area contributed by atoms with Crippen molar-refractivity contribution in [2.45, 2.75) is 13.0 Å². The number of carbonyl (C=O) groups is 2. The van der Waals surface area contributed by atoms with Crippen LogP contribution in [0.2, 0.25) is 0 Å². The highest BCUT2D eigenvalue weighted by Crippen LogP contribution is 2.14. The summed E-state index contributed by atoms with van der Waals surface area (Å²) in [6.07, 6.45) is 3.19. The summed E-state index contributed by atoms with van der Waals surface area (Å²) >= 11 is 0. The normalized spacial score (nSPS) is 10.2. The number of amides is 1. The second-order valence-electron chi connectivity index (χ2n) is 4.23. The van der Waals surface area contributed by atoms with Crippen LogP contribution in [-0.4, -0.2) is 33.3 Å². The van der Waals surface area contributed by atoms with Gasteiger partial charge < -0.3 is 10.0 Å². The Bertz CT molecular complexity index is 567. The molecule has 0 aliphatic rings. The van der Waals surface area contributed by atoms with Crippen molar-refractivity contribution < 1.29 is 14.7 Å². The molecule has 2 rings (SSSR count). The third kappa shape index (κ3) is 3.68. The number of hydrogen-bond donors (Lipinski definition) is 1. The zero-order chi connectivity index (χ0) is 14.4. The Morgan fingerprint density at radius 2 is 1.95 bits per heavy atom. The molecule has 2 aromatic rings. The smallest absolute Gasteiger partial charge is 0.305 e. The molecule has 1 aromatic heterocycles. The highest BCUT2D eigenvalue weighted by Gasteiger charge is 2.17. The number of carbonyl (C=O) groups excluding carboxylic acids is 1. The maximum atomic E-state index is 12.3. The van der Waals surface area contributed by atoms with E-state index in [9.17, 15) is 9.59 Å². The van der Waals surface area contributed by atoms with E-state index in [-0.39, 0.29) is 25.4 Å². The molecule has 0 saturated heterocycles. The van der Waals surface area contributed by atoms with Crippen LogP contribution in [0.4, 0.5) is 5.69 Å². The number of para-hydroxylation sites is 1. The van der Waals surface area contributed by atoms with Crippen molar-refractivity contribution >= 4 is 17.6 Å². The van der Waals surface area contributed by atoms with Crippen LogP contribution in [-0.2, 0) is 16.1 Å². The van der Waals surface area contributed by atoms with Crippen molar-refractivity contribution in [2.75, 3.05) is 11.4 Å². The fourth-order valence-corrected chi connectivity index (χ4v) is 1.83. The van der Waals surface area contributed by atoms with Crippen LogP contribution in [0.1, 0.15) is 6.42 Å². The minimum Gasteiger partial charge on any atom is -0.481 e. The maximum absolute atomic E-state index is 12.3. The first-order valence-corrected chi connectivity index (χ1v) is 6.21. The predicted molar refractivity (Wildman–Crippen MR) is 73.3 cm³/mol. The Morgan fingerprint density at radius 3 is 2.55 bits per heavy atom. The van der Waals surface area contributed by atoms with E-state index in [0.717, 1.165) is 0 Å². The molecule has 1 heterocycles. The van der Waals surface area contributed by atoms with Gasteiger partial charge in [-0.1, -0.05) is 18.2 Å². The zero-order valence-corrected chi connectivity index (χ0v) is 10.8. The lowest BCUT2D eigenvalue weighted by Crippen LogP contribution is -2.35. The molecule has 0 aliphatic heterocycles. The standard InChI is InChI=1S/C14H15N3O3/c18-13(11-16-9-4-8-15-16)17(10-7-14(19)20)12-5-2-1-3-6-12/h1-6,8-9H,7,10-11H2,(H,19,20). The van der Waals surface area contributed by atoms with E-state index in [2.05, 4.69) is 5.10 Å². The third-order valence-corrected chi connectivity index (χ3v) is 2.77. The number of anilines is 1. The number of hydrogen-bond acceptors (Lipinski definition) is 3. The second kappa shape index (κ2) is 6.51. The number of carboxylic acid groups (broad SMARTS) is 1.